The third-order valence-corrected chi connectivity index (χ3v) is 3.76. The first kappa shape index (κ1) is 10.3. The Hall–Kier alpha value is -0.220. The maximum Gasteiger partial charge on any atom is 0.0564 e. The molecule has 0 spiro atoms. The lowest BCUT2D eigenvalue weighted by Crippen LogP contribution is -2.25. The average molecular weight is 273 g/mol. The molecule has 1 aromatic heterocycles. The molecule has 1 aliphatic heterocycles. The molecule has 0 radical (unpaired) electrons. The summed E-state index contributed by atoms with van der Waals surface area (Å²) in [6.07, 6.45) is 5.05. The molecule has 0 saturated carbocycles. The van der Waals surface area contributed by atoms with Crippen LogP contribution in [0.5, 0.6) is 0 Å². The number of thioether (sulfide) groups is 1. The number of nitrogens with zero attached hydrogens (tertiary/aromatic N) is 2. The van der Waals surface area contributed by atoms with Crippen LogP contribution in [0.2, 0.25) is 0 Å². The van der Waals surface area contributed by atoms with Crippen LogP contribution in [0.15, 0.2) is 22.9 Å². The van der Waals surface area contributed by atoms with E-state index in [1.807, 2.05) is 24.2 Å². The molecule has 1 saturated heterocycles. The van der Waals surface area contributed by atoms with E-state index in [1.165, 1.54) is 23.6 Å². The molecule has 1 aliphatic rings. The van der Waals surface area contributed by atoms with Gasteiger partial charge >= 0.3 is 0 Å². The average Bonchev–Trinajstić information content (AvgIpc) is 2.45. The third-order valence-electron chi connectivity index (χ3n) is 2.28. The van der Waals surface area contributed by atoms with Crippen LogP contribution < -0.4 is 4.90 Å². The number of rotatable bonds is 1. The molecule has 0 aromatic carbocycles. The highest BCUT2D eigenvalue weighted by Crippen LogP contribution is 2.21. The predicted molar refractivity (Wildman–Crippen MR) is 66.1 cm³/mol. The summed E-state index contributed by atoms with van der Waals surface area (Å²) in [7, 11) is 0. The monoisotopic (exact) mass is 272 g/mol. The number of pyridine rings is 1. The fraction of sp³-hybridized carbons (Fsp3) is 0.500. The Morgan fingerprint density at radius 3 is 3.07 bits per heavy atom. The van der Waals surface area contributed by atoms with Gasteiger partial charge in [-0.3, -0.25) is 4.98 Å². The first-order chi connectivity index (χ1) is 6.86. The maximum absolute atomic E-state index is 4.19. The molecule has 0 unspecified atom stereocenters. The molecule has 14 heavy (non-hydrogen) atoms. The minimum Gasteiger partial charge on any atom is -0.369 e. The standard InChI is InChI=1S/C10H13BrN2S/c11-9-6-10(8-12-7-9)13-2-1-4-14-5-3-13/h6-8H,1-5H2. The van der Waals surface area contributed by atoms with Crippen molar-refractivity contribution in [2.45, 2.75) is 6.42 Å². The zero-order chi connectivity index (χ0) is 9.80. The van der Waals surface area contributed by atoms with Crippen LogP contribution in [-0.4, -0.2) is 29.6 Å². The lowest BCUT2D eigenvalue weighted by molar-refractivity contribution is 0.813. The van der Waals surface area contributed by atoms with Gasteiger partial charge in [0.05, 0.1) is 11.9 Å². The van der Waals surface area contributed by atoms with E-state index in [9.17, 15) is 0 Å². The van der Waals surface area contributed by atoms with Crippen molar-refractivity contribution in [3.8, 4) is 0 Å². The van der Waals surface area contributed by atoms with Crippen molar-refractivity contribution in [2.24, 2.45) is 0 Å². The molecule has 0 aliphatic carbocycles. The molecule has 1 fully saturated rings. The second kappa shape index (κ2) is 5.03. The van der Waals surface area contributed by atoms with E-state index in [0.29, 0.717) is 0 Å². The first-order valence-electron chi connectivity index (χ1n) is 4.79. The summed E-state index contributed by atoms with van der Waals surface area (Å²) in [6.45, 7) is 2.30. The Kier molecular flexibility index (Phi) is 3.70. The van der Waals surface area contributed by atoms with Crippen molar-refractivity contribution < 1.29 is 0 Å². The SMILES string of the molecule is Brc1cncc(N2CCCSCC2)c1. The van der Waals surface area contributed by atoms with Gasteiger partial charge in [-0.2, -0.15) is 11.8 Å². The second-order valence-electron chi connectivity index (χ2n) is 3.31. The fourth-order valence-corrected chi connectivity index (χ4v) is 2.82. The molecule has 1 aromatic rings. The van der Waals surface area contributed by atoms with E-state index < -0.39 is 0 Å². The lowest BCUT2D eigenvalue weighted by atomic mass is 10.3. The van der Waals surface area contributed by atoms with Crippen LogP contribution in [0.25, 0.3) is 0 Å². The highest BCUT2D eigenvalue weighted by atomic mass is 79.9. The summed E-state index contributed by atoms with van der Waals surface area (Å²) in [5, 5.41) is 0. The van der Waals surface area contributed by atoms with E-state index >= 15 is 0 Å². The van der Waals surface area contributed by atoms with Gasteiger partial charge < -0.3 is 4.90 Å². The Morgan fingerprint density at radius 1 is 1.29 bits per heavy atom. The number of aromatic nitrogens is 1. The van der Waals surface area contributed by atoms with Crippen molar-refractivity contribution in [3.05, 3.63) is 22.9 Å². The highest BCUT2D eigenvalue weighted by molar-refractivity contribution is 9.10. The lowest BCUT2D eigenvalue weighted by Gasteiger charge is -2.21. The van der Waals surface area contributed by atoms with Crippen LogP contribution in [0.3, 0.4) is 0 Å². The van der Waals surface area contributed by atoms with E-state index in [1.54, 1.807) is 0 Å². The third kappa shape index (κ3) is 2.64. The summed E-state index contributed by atoms with van der Waals surface area (Å²) < 4.78 is 1.06. The van der Waals surface area contributed by atoms with Crippen molar-refractivity contribution in [1.82, 2.24) is 4.98 Å². The van der Waals surface area contributed by atoms with Gasteiger partial charge in [0.25, 0.3) is 0 Å². The topological polar surface area (TPSA) is 16.1 Å². The van der Waals surface area contributed by atoms with Gasteiger partial charge in [-0.1, -0.05) is 0 Å². The molecule has 0 amide bonds. The Morgan fingerprint density at radius 2 is 2.21 bits per heavy atom. The number of anilines is 1. The van der Waals surface area contributed by atoms with E-state index in [0.717, 1.165) is 17.6 Å². The molecule has 0 atom stereocenters. The first-order valence-corrected chi connectivity index (χ1v) is 6.74. The molecule has 2 nitrogen and oxygen atoms in total. The van der Waals surface area contributed by atoms with Gasteiger partial charge in [0, 0.05) is 29.5 Å². The van der Waals surface area contributed by atoms with Gasteiger partial charge in [0.2, 0.25) is 0 Å². The number of halogens is 1. The summed E-state index contributed by atoms with van der Waals surface area (Å²) in [5.74, 6) is 2.52. The number of hydrogen-bond donors (Lipinski definition) is 0. The number of hydrogen-bond acceptors (Lipinski definition) is 3. The normalized spacial score (nSPS) is 17.9. The zero-order valence-electron chi connectivity index (χ0n) is 7.95. The molecule has 0 bridgehead atoms. The molecule has 0 N–H and O–H groups in total. The van der Waals surface area contributed by atoms with E-state index in [2.05, 4.69) is 31.9 Å². The van der Waals surface area contributed by atoms with Crippen molar-refractivity contribution in [2.75, 3.05) is 29.5 Å². The van der Waals surface area contributed by atoms with Crippen molar-refractivity contribution in [1.29, 1.82) is 0 Å². The summed E-state index contributed by atoms with van der Waals surface area (Å²) in [4.78, 5) is 6.61. The molecular weight excluding hydrogens is 260 g/mol. The zero-order valence-corrected chi connectivity index (χ0v) is 10.4. The van der Waals surface area contributed by atoms with Gasteiger partial charge in [0.1, 0.15) is 0 Å². The van der Waals surface area contributed by atoms with Crippen LogP contribution in [0.4, 0.5) is 5.69 Å². The summed E-state index contributed by atoms with van der Waals surface area (Å²) in [6, 6.07) is 2.14. The molecule has 2 heterocycles. The van der Waals surface area contributed by atoms with Crippen LogP contribution in [0.1, 0.15) is 6.42 Å². The predicted octanol–water partition coefficient (Wildman–Crippen LogP) is 2.79. The van der Waals surface area contributed by atoms with Crippen LogP contribution in [-0.2, 0) is 0 Å². The van der Waals surface area contributed by atoms with Crippen molar-refractivity contribution >= 4 is 33.4 Å². The molecular formula is C10H13BrN2S. The highest BCUT2D eigenvalue weighted by Gasteiger charge is 2.10. The summed E-state index contributed by atoms with van der Waals surface area (Å²) >= 11 is 5.50. The van der Waals surface area contributed by atoms with Gasteiger partial charge in [-0.25, -0.2) is 0 Å². The second-order valence-corrected chi connectivity index (χ2v) is 5.45. The maximum atomic E-state index is 4.19. The fourth-order valence-electron chi connectivity index (χ4n) is 1.58. The minimum atomic E-state index is 1.06. The molecule has 4 heteroatoms. The minimum absolute atomic E-state index is 1.06. The Balaban J connectivity index is 2.12. The van der Waals surface area contributed by atoms with E-state index in [-0.39, 0.29) is 0 Å². The molecule has 2 rings (SSSR count). The Labute approximate surface area is 97.2 Å². The van der Waals surface area contributed by atoms with Crippen LogP contribution >= 0.6 is 27.7 Å². The van der Waals surface area contributed by atoms with Gasteiger partial charge in [0.15, 0.2) is 0 Å². The van der Waals surface area contributed by atoms with Gasteiger partial charge in [-0.05, 0) is 34.2 Å². The van der Waals surface area contributed by atoms with Crippen molar-refractivity contribution in [3.63, 3.8) is 0 Å². The van der Waals surface area contributed by atoms with Crippen LogP contribution in [0, 0.1) is 0 Å². The largest absolute Gasteiger partial charge is 0.369 e. The quantitative estimate of drug-likeness (QED) is 0.782. The summed E-state index contributed by atoms with van der Waals surface area (Å²) in [5.41, 5.74) is 1.24. The Bertz CT molecular complexity index is 298. The smallest absolute Gasteiger partial charge is 0.0564 e. The van der Waals surface area contributed by atoms with E-state index in [4.69, 9.17) is 0 Å². The van der Waals surface area contributed by atoms with Gasteiger partial charge in [-0.15, -0.1) is 0 Å². The molecule has 76 valence electrons.